The second kappa shape index (κ2) is 6.83. The number of fused-ring (bicyclic) bond motifs is 1. The molecule has 4 aromatic rings. The maximum Gasteiger partial charge on any atom is 0.263 e. The summed E-state index contributed by atoms with van der Waals surface area (Å²) >= 11 is 0. The molecule has 0 aliphatic heterocycles. The van der Waals surface area contributed by atoms with E-state index in [9.17, 15) is 12.8 Å². The second-order valence-corrected chi connectivity index (χ2v) is 7.87. The number of sulfonamides is 1. The lowest BCUT2D eigenvalue weighted by atomic mass is 10.0. The molecule has 0 bridgehead atoms. The molecule has 7 heteroatoms. The lowest BCUT2D eigenvalue weighted by Crippen LogP contribution is -2.13. The molecule has 28 heavy (non-hydrogen) atoms. The van der Waals surface area contributed by atoms with Crippen LogP contribution in [0.25, 0.3) is 22.0 Å². The van der Waals surface area contributed by atoms with Gasteiger partial charge in [-0.3, -0.25) is 4.72 Å². The van der Waals surface area contributed by atoms with Crippen LogP contribution in [0.2, 0.25) is 0 Å². The van der Waals surface area contributed by atoms with Gasteiger partial charge in [0.25, 0.3) is 10.0 Å². The smallest absolute Gasteiger partial charge is 0.263 e. The van der Waals surface area contributed by atoms with E-state index in [2.05, 4.69) is 9.71 Å². The van der Waals surface area contributed by atoms with Gasteiger partial charge in [0, 0.05) is 17.5 Å². The molecule has 0 aliphatic rings. The molecule has 0 fully saturated rings. The van der Waals surface area contributed by atoms with Crippen LogP contribution in [0.5, 0.6) is 0 Å². The number of aromatic amines is 1. The van der Waals surface area contributed by atoms with Gasteiger partial charge in [-0.05, 0) is 35.0 Å². The molecule has 0 unspecified atom stereocenters. The predicted molar refractivity (Wildman–Crippen MR) is 106 cm³/mol. The summed E-state index contributed by atoms with van der Waals surface area (Å²) in [5.41, 5.74) is 1.40. The van der Waals surface area contributed by atoms with Crippen molar-refractivity contribution in [2.75, 3.05) is 4.72 Å². The van der Waals surface area contributed by atoms with E-state index in [4.69, 9.17) is 5.26 Å². The van der Waals surface area contributed by atoms with Gasteiger partial charge in [0.2, 0.25) is 0 Å². The van der Waals surface area contributed by atoms with Crippen LogP contribution in [0.1, 0.15) is 5.56 Å². The van der Waals surface area contributed by atoms with Crippen molar-refractivity contribution in [3.8, 4) is 17.3 Å². The summed E-state index contributed by atoms with van der Waals surface area (Å²) in [6.45, 7) is 0. The number of benzene rings is 3. The van der Waals surface area contributed by atoms with Crippen molar-refractivity contribution in [1.29, 1.82) is 5.26 Å². The minimum atomic E-state index is -4.00. The number of hydrogen-bond donors (Lipinski definition) is 2. The zero-order valence-corrected chi connectivity index (χ0v) is 15.3. The number of hydrogen-bond acceptors (Lipinski definition) is 3. The van der Waals surface area contributed by atoms with Crippen molar-refractivity contribution < 1.29 is 12.8 Å². The third kappa shape index (κ3) is 3.21. The maximum absolute atomic E-state index is 14.0. The highest BCUT2D eigenvalue weighted by atomic mass is 32.2. The van der Waals surface area contributed by atoms with E-state index in [1.54, 1.807) is 6.07 Å². The fraction of sp³-hybridized carbons (Fsp3) is 0. The lowest BCUT2D eigenvalue weighted by molar-refractivity contribution is 0.598. The highest BCUT2D eigenvalue weighted by Crippen LogP contribution is 2.30. The van der Waals surface area contributed by atoms with Crippen molar-refractivity contribution >= 4 is 26.5 Å². The molecule has 0 spiro atoms. The van der Waals surface area contributed by atoms with E-state index < -0.39 is 15.8 Å². The normalized spacial score (nSPS) is 11.3. The van der Waals surface area contributed by atoms with Crippen molar-refractivity contribution in [1.82, 2.24) is 4.98 Å². The number of nitriles is 1. The van der Waals surface area contributed by atoms with Crippen LogP contribution in [0.4, 0.5) is 10.1 Å². The summed E-state index contributed by atoms with van der Waals surface area (Å²) in [5, 5.41) is 10.8. The van der Waals surface area contributed by atoms with Crippen molar-refractivity contribution in [3.63, 3.8) is 0 Å². The molecular weight excluding hydrogens is 377 g/mol. The van der Waals surface area contributed by atoms with Gasteiger partial charge in [-0.2, -0.15) is 5.26 Å². The Kier molecular flexibility index (Phi) is 4.34. The molecule has 0 amide bonds. The van der Waals surface area contributed by atoms with Crippen molar-refractivity contribution in [2.45, 2.75) is 4.90 Å². The Morgan fingerprint density at radius 3 is 2.57 bits per heavy atom. The largest absolute Gasteiger partial charge is 0.360 e. The van der Waals surface area contributed by atoms with Gasteiger partial charge in [0.15, 0.2) is 0 Å². The number of rotatable bonds is 4. The van der Waals surface area contributed by atoms with Gasteiger partial charge in [-0.25, -0.2) is 12.8 Å². The average molecular weight is 391 g/mol. The summed E-state index contributed by atoms with van der Waals surface area (Å²) < 4.78 is 41.6. The molecule has 4 rings (SSSR count). The SMILES string of the molecule is N#Cc1ccc(NS(=O)(=O)c2c[nH]c(-c3cccc4ccccc34)c2)c(F)c1. The molecule has 2 N–H and O–H groups in total. The molecule has 0 saturated heterocycles. The van der Waals surface area contributed by atoms with Gasteiger partial charge in [0.1, 0.15) is 10.7 Å². The Morgan fingerprint density at radius 2 is 1.79 bits per heavy atom. The maximum atomic E-state index is 14.0. The first-order chi connectivity index (χ1) is 13.5. The molecule has 0 radical (unpaired) electrons. The third-order valence-electron chi connectivity index (χ3n) is 4.39. The summed E-state index contributed by atoms with van der Waals surface area (Å²) in [7, 11) is -4.00. The van der Waals surface area contributed by atoms with E-state index >= 15 is 0 Å². The minimum Gasteiger partial charge on any atom is -0.360 e. The number of aromatic nitrogens is 1. The topological polar surface area (TPSA) is 85.8 Å². The first-order valence-corrected chi connectivity index (χ1v) is 9.85. The fourth-order valence-electron chi connectivity index (χ4n) is 3.02. The standard InChI is InChI=1S/C21H14FN3O2S/c22-19-10-14(12-23)8-9-20(19)25-28(26,27)16-11-21(24-13-16)18-7-3-5-15-4-1-2-6-17(15)18/h1-11,13,24-25H. The van der Waals surface area contributed by atoms with Gasteiger partial charge in [0.05, 0.1) is 17.3 Å². The summed E-state index contributed by atoms with van der Waals surface area (Å²) in [5.74, 6) is -0.813. The van der Waals surface area contributed by atoms with Crippen LogP contribution < -0.4 is 4.72 Å². The van der Waals surface area contributed by atoms with Crippen LogP contribution in [0.15, 0.2) is 77.8 Å². The molecule has 3 aromatic carbocycles. The van der Waals surface area contributed by atoms with Crippen molar-refractivity contribution in [3.05, 3.63) is 84.3 Å². The van der Waals surface area contributed by atoms with Crippen molar-refractivity contribution in [2.24, 2.45) is 0 Å². The number of nitrogens with one attached hydrogen (secondary N) is 2. The molecule has 0 saturated carbocycles. The lowest BCUT2D eigenvalue weighted by Gasteiger charge is -2.07. The van der Waals surface area contributed by atoms with Crippen LogP contribution in [-0.2, 0) is 10.0 Å². The molecular formula is C21H14FN3O2S. The van der Waals surface area contributed by atoms with E-state index in [1.807, 2.05) is 42.5 Å². The fourth-order valence-corrected chi connectivity index (χ4v) is 4.08. The second-order valence-electron chi connectivity index (χ2n) is 6.19. The Bertz CT molecular complexity index is 1330. The van der Waals surface area contributed by atoms with Crippen LogP contribution in [0.3, 0.4) is 0 Å². The van der Waals surface area contributed by atoms with E-state index in [0.29, 0.717) is 5.69 Å². The Labute approximate surface area is 161 Å². The minimum absolute atomic E-state index is 0.0146. The van der Waals surface area contributed by atoms with E-state index in [0.717, 1.165) is 22.4 Å². The first kappa shape index (κ1) is 17.8. The van der Waals surface area contributed by atoms with Crippen LogP contribution >= 0.6 is 0 Å². The highest BCUT2D eigenvalue weighted by molar-refractivity contribution is 7.92. The number of nitrogens with zero attached hydrogens (tertiary/aromatic N) is 1. The molecule has 0 atom stereocenters. The van der Waals surface area contributed by atoms with E-state index in [1.165, 1.54) is 24.4 Å². The van der Waals surface area contributed by atoms with Gasteiger partial charge in [-0.1, -0.05) is 42.5 Å². The summed E-state index contributed by atoms with van der Waals surface area (Å²) in [4.78, 5) is 2.97. The van der Waals surface area contributed by atoms with Gasteiger partial charge in [-0.15, -0.1) is 0 Å². The number of anilines is 1. The Balaban J connectivity index is 1.69. The molecule has 1 heterocycles. The molecule has 1 aromatic heterocycles. The Hall–Kier alpha value is -3.63. The number of halogens is 1. The molecule has 5 nitrogen and oxygen atoms in total. The highest BCUT2D eigenvalue weighted by Gasteiger charge is 2.19. The zero-order chi connectivity index (χ0) is 19.7. The Morgan fingerprint density at radius 1 is 1.00 bits per heavy atom. The average Bonchev–Trinajstić information content (AvgIpc) is 3.20. The van der Waals surface area contributed by atoms with Crippen LogP contribution in [-0.4, -0.2) is 13.4 Å². The quantitative estimate of drug-likeness (QED) is 0.531. The third-order valence-corrected chi connectivity index (χ3v) is 5.73. The van der Waals surface area contributed by atoms with Gasteiger partial charge >= 0.3 is 0 Å². The molecule has 138 valence electrons. The number of H-pyrrole nitrogens is 1. The monoisotopic (exact) mass is 391 g/mol. The first-order valence-electron chi connectivity index (χ1n) is 8.37. The van der Waals surface area contributed by atoms with E-state index in [-0.39, 0.29) is 16.1 Å². The van der Waals surface area contributed by atoms with Gasteiger partial charge < -0.3 is 4.98 Å². The zero-order valence-electron chi connectivity index (χ0n) is 14.5. The predicted octanol–water partition coefficient (Wildman–Crippen LogP) is 4.65. The van der Waals surface area contributed by atoms with Crippen LogP contribution in [0, 0.1) is 17.1 Å². The molecule has 0 aliphatic carbocycles. The summed E-state index contributed by atoms with van der Waals surface area (Å²) in [6, 6.07) is 20.4. The summed E-state index contributed by atoms with van der Waals surface area (Å²) in [6.07, 6.45) is 1.36.